The first kappa shape index (κ1) is 23.6. The van der Waals surface area contributed by atoms with Crippen LogP contribution < -0.4 is 10.6 Å². The van der Waals surface area contributed by atoms with Crippen molar-refractivity contribution < 1.29 is 18.0 Å². The molecule has 0 saturated carbocycles. The molecule has 0 bridgehead atoms. The number of piperidine rings is 1. The molecule has 34 heavy (non-hydrogen) atoms. The number of carbonyl (C=O) groups is 2. The Balaban J connectivity index is 1.47. The van der Waals surface area contributed by atoms with Crippen molar-refractivity contribution in [2.75, 3.05) is 23.7 Å². The smallest absolute Gasteiger partial charge is 0.255 e. The lowest BCUT2D eigenvalue weighted by atomic mass is 10.1. The van der Waals surface area contributed by atoms with E-state index in [1.165, 1.54) is 10.4 Å². The van der Waals surface area contributed by atoms with Crippen molar-refractivity contribution in [1.82, 2.24) is 9.29 Å². The van der Waals surface area contributed by atoms with Crippen LogP contribution in [-0.2, 0) is 10.0 Å². The van der Waals surface area contributed by atoms with E-state index in [2.05, 4.69) is 15.6 Å². The van der Waals surface area contributed by atoms with Crippen LogP contribution in [0.3, 0.4) is 0 Å². The quantitative estimate of drug-likeness (QED) is 0.555. The minimum Gasteiger partial charge on any atom is -0.322 e. The van der Waals surface area contributed by atoms with E-state index in [1.807, 2.05) is 0 Å². The zero-order chi connectivity index (χ0) is 24.1. The number of benzene rings is 2. The lowest BCUT2D eigenvalue weighted by molar-refractivity contribution is 0.101. The number of amides is 2. The van der Waals surface area contributed by atoms with E-state index >= 15 is 0 Å². The summed E-state index contributed by atoms with van der Waals surface area (Å²) in [5.41, 5.74) is 2.46. The Morgan fingerprint density at radius 3 is 2.26 bits per heavy atom. The summed E-state index contributed by atoms with van der Waals surface area (Å²) in [6.45, 7) is 2.76. The van der Waals surface area contributed by atoms with E-state index in [4.69, 9.17) is 0 Å². The monoisotopic (exact) mass is 478 g/mol. The van der Waals surface area contributed by atoms with Gasteiger partial charge in [-0.05, 0) is 73.9 Å². The van der Waals surface area contributed by atoms with E-state index in [0.29, 0.717) is 35.6 Å². The standard InChI is InChI=1S/C25H26N4O4S/c1-18-7-12-22(34(32,33)29-14-3-2-4-15-29)16-23(18)25(31)27-20-10-8-19(9-11-20)24(30)28-21-6-5-13-26-17-21/h5-13,16-17H,2-4,14-15H2,1H3,(H,27,31)(H,28,30). The van der Waals surface area contributed by atoms with Crippen molar-refractivity contribution in [2.24, 2.45) is 0 Å². The van der Waals surface area contributed by atoms with Gasteiger partial charge in [0, 0.05) is 36.1 Å². The van der Waals surface area contributed by atoms with Gasteiger partial charge in [0.1, 0.15) is 0 Å². The van der Waals surface area contributed by atoms with Crippen LogP contribution in [0.25, 0.3) is 0 Å². The third-order valence-corrected chi connectivity index (χ3v) is 7.63. The van der Waals surface area contributed by atoms with Crippen LogP contribution in [0.5, 0.6) is 0 Å². The topological polar surface area (TPSA) is 108 Å². The third-order valence-electron chi connectivity index (χ3n) is 5.73. The minimum absolute atomic E-state index is 0.118. The highest BCUT2D eigenvalue weighted by Crippen LogP contribution is 2.23. The molecule has 0 atom stereocenters. The molecule has 1 aliphatic rings. The summed E-state index contributed by atoms with van der Waals surface area (Å²) in [6.07, 6.45) is 5.88. The highest BCUT2D eigenvalue weighted by atomic mass is 32.2. The number of hydrogen-bond acceptors (Lipinski definition) is 5. The lowest BCUT2D eigenvalue weighted by Gasteiger charge is -2.26. The van der Waals surface area contributed by atoms with Gasteiger partial charge in [-0.2, -0.15) is 4.31 Å². The number of anilines is 2. The van der Waals surface area contributed by atoms with Crippen LogP contribution in [0.15, 0.2) is 71.9 Å². The van der Waals surface area contributed by atoms with Gasteiger partial charge in [0.05, 0.1) is 16.8 Å². The number of nitrogens with one attached hydrogen (secondary N) is 2. The van der Waals surface area contributed by atoms with Gasteiger partial charge in [0.25, 0.3) is 11.8 Å². The molecule has 0 unspecified atom stereocenters. The van der Waals surface area contributed by atoms with Gasteiger partial charge in [-0.25, -0.2) is 8.42 Å². The molecule has 176 valence electrons. The maximum Gasteiger partial charge on any atom is 0.255 e. The predicted octanol–water partition coefficient (Wildman–Crippen LogP) is 4.07. The average Bonchev–Trinajstić information content (AvgIpc) is 2.85. The first-order chi connectivity index (χ1) is 16.3. The predicted molar refractivity (Wildman–Crippen MR) is 130 cm³/mol. The van der Waals surface area contributed by atoms with Crippen molar-refractivity contribution in [3.05, 3.63) is 83.7 Å². The molecule has 2 N–H and O–H groups in total. The summed E-state index contributed by atoms with van der Waals surface area (Å²) in [4.78, 5) is 29.4. The molecule has 0 radical (unpaired) electrons. The van der Waals surface area contributed by atoms with Gasteiger partial charge in [-0.3, -0.25) is 14.6 Å². The average molecular weight is 479 g/mol. The number of aromatic nitrogens is 1. The van der Waals surface area contributed by atoms with Gasteiger partial charge in [-0.1, -0.05) is 12.5 Å². The van der Waals surface area contributed by atoms with E-state index in [0.717, 1.165) is 19.3 Å². The van der Waals surface area contributed by atoms with Gasteiger partial charge in [0.2, 0.25) is 10.0 Å². The van der Waals surface area contributed by atoms with Gasteiger partial charge in [0.15, 0.2) is 0 Å². The fourth-order valence-corrected chi connectivity index (χ4v) is 5.35. The molecule has 2 heterocycles. The Kier molecular flexibility index (Phi) is 7.04. The molecule has 9 heteroatoms. The van der Waals surface area contributed by atoms with Crippen molar-refractivity contribution in [2.45, 2.75) is 31.1 Å². The molecule has 8 nitrogen and oxygen atoms in total. The highest BCUT2D eigenvalue weighted by molar-refractivity contribution is 7.89. The number of pyridine rings is 1. The van der Waals surface area contributed by atoms with Crippen LogP contribution in [0.4, 0.5) is 11.4 Å². The number of rotatable bonds is 6. The van der Waals surface area contributed by atoms with Crippen molar-refractivity contribution >= 4 is 33.2 Å². The van der Waals surface area contributed by atoms with Gasteiger partial charge < -0.3 is 10.6 Å². The van der Waals surface area contributed by atoms with Crippen LogP contribution >= 0.6 is 0 Å². The summed E-state index contributed by atoms with van der Waals surface area (Å²) in [5, 5.41) is 5.53. The van der Waals surface area contributed by atoms with E-state index < -0.39 is 15.9 Å². The minimum atomic E-state index is -3.64. The van der Waals surface area contributed by atoms with Gasteiger partial charge in [-0.15, -0.1) is 0 Å². The fourth-order valence-electron chi connectivity index (χ4n) is 3.80. The molecule has 2 amide bonds. The molecule has 1 aliphatic heterocycles. The van der Waals surface area contributed by atoms with Crippen LogP contribution in [-0.4, -0.2) is 42.6 Å². The maximum atomic E-state index is 13.0. The molecule has 1 fully saturated rings. The molecule has 0 aliphatic carbocycles. The molecule has 4 rings (SSSR count). The maximum absolute atomic E-state index is 13.0. The Morgan fingerprint density at radius 2 is 1.59 bits per heavy atom. The largest absolute Gasteiger partial charge is 0.322 e. The highest BCUT2D eigenvalue weighted by Gasteiger charge is 2.27. The van der Waals surface area contributed by atoms with Crippen molar-refractivity contribution in [3.8, 4) is 0 Å². The molecule has 0 spiro atoms. The number of aryl methyl sites for hydroxylation is 1. The zero-order valence-electron chi connectivity index (χ0n) is 18.8. The van der Waals surface area contributed by atoms with Crippen molar-refractivity contribution in [1.29, 1.82) is 0 Å². The van der Waals surface area contributed by atoms with Gasteiger partial charge >= 0.3 is 0 Å². The molecular weight excluding hydrogens is 452 g/mol. The van der Waals surface area contributed by atoms with Crippen molar-refractivity contribution in [3.63, 3.8) is 0 Å². The normalized spacial score (nSPS) is 14.4. The second kappa shape index (κ2) is 10.1. The summed E-state index contributed by atoms with van der Waals surface area (Å²) in [6, 6.07) is 14.5. The summed E-state index contributed by atoms with van der Waals surface area (Å²) >= 11 is 0. The Morgan fingerprint density at radius 1 is 0.882 bits per heavy atom. The van der Waals surface area contributed by atoms with Crippen LogP contribution in [0.2, 0.25) is 0 Å². The summed E-state index contributed by atoms with van der Waals surface area (Å²) in [7, 11) is -3.64. The molecule has 1 saturated heterocycles. The second-order valence-corrected chi connectivity index (χ2v) is 10.1. The van der Waals surface area contributed by atoms with Crippen LogP contribution in [0.1, 0.15) is 45.5 Å². The first-order valence-corrected chi connectivity index (χ1v) is 12.5. The molecule has 1 aromatic heterocycles. The molecule has 3 aromatic rings. The SMILES string of the molecule is Cc1ccc(S(=O)(=O)N2CCCCC2)cc1C(=O)Nc1ccc(C(=O)Nc2cccnc2)cc1. The first-order valence-electron chi connectivity index (χ1n) is 11.1. The number of nitrogens with zero attached hydrogens (tertiary/aromatic N) is 2. The summed E-state index contributed by atoms with van der Waals surface area (Å²) < 4.78 is 27.5. The van der Waals surface area contributed by atoms with E-state index in [9.17, 15) is 18.0 Å². The lowest BCUT2D eigenvalue weighted by Crippen LogP contribution is -2.35. The molecule has 2 aromatic carbocycles. The zero-order valence-corrected chi connectivity index (χ0v) is 19.6. The van der Waals surface area contributed by atoms with E-state index in [1.54, 1.807) is 67.8 Å². The van der Waals surface area contributed by atoms with Crippen LogP contribution in [0, 0.1) is 6.92 Å². The number of sulfonamides is 1. The Bertz CT molecular complexity index is 1290. The fraction of sp³-hybridized carbons (Fsp3) is 0.240. The number of hydrogen-bond donors (Lipinski definition) is 2. The Labute approximate surface area is 199 Å². The summed E-state index contributed by atoms with van der Waals surface area (Å²) in [5.74, 6) is -0.710. The Hall–Kier alpha value is -3.56. The number of carbonyl (C=O) groups excluding carboxylic acids is 2. The second-order valence-electron chi connectivity index (χ2n) is 8.17. The van der Waals surface area contributed by atoms with E-state index in [-0.39, 0.29) is 16.4 Å². The molecular formula is C25H26N4O4S. The third kappa shape index (κ3) is 5.32.